The molecule has 1 fully saturated rings. The molecule has 1 heterocycles. The van der Waals surface area contributed by atoms with Gasteiger partial charge in [-0.15, -0.1) is 0 Å². The summed E-state index contributed by atoms with van der Waals surface area (Å²) in [6.07, 6.45) is 1.22. The first-order chi connectivity index (χ1) is 10.5. The zero-order valence-electron chi connectivity index (χ0n) is 12.6. The van der Waals surface area contributed by atoms with Crippen molar-refractivity contribution in [1.29, 1.82) is 0 Å². The number of rotatable bonds is 4. The largest absolute Gasteiger partial charge is 0.478 e. The topological polar surface area (TPSA) is 70.1 Å². The van der Waals surface area contributed by atoms with E-state index in [4.69, 9.17) is 9.84 Å². The second-order valence-corrected chi connectivity index (χ2v) is 5.21. The summed E-state index contributed by atoms with van der Waals surface area (Å²) in [6, 6.07) is 6.79. The summed E-state index contributed by atoms with van der Waals surface area (Å²) >= 11 is 0. The molecule has 0 bridgehead atoms. The van der Waals surface area contributed by atoms with Gasteiger partial charge in [0.05, 0.1) is 5.56 Å². The summed E-state index contributed by atoms with van der Waals surface area (Å²) in [6.45, 7) is 7.62. The van der Waals surface area contributed by atoms with E-state index in [0.717, 1.165) is 5.69 Å². The highest BCUT2D eigenvalue weighted by Gasteiger charge is 2.28. The monoisotopic (exact) mass is 304 g/mol. The van der Waals surface area contributed by atoms with E-state index in [1.807, 2.05) is 6.92 Å². The number of ether oxygens (including phenoxy) is 1. The van der Waals surface area contributed by atoms with E-state index in [0.29, 0.717) is 19.6 Å². The Kier molecular flexibility index (Phi) is 5.04. The number of piperazine rings is 1. The first kappa shape index (κ1) is 15.9. The molecule has 1 unspecified atom stereocenters. The number of carboxylic acid groups (broad SMARTS) is 1. The fourth-order valence-corrected chi connectivity index (χ4v) is 2.49. The normalized spacial score (nSPS) is 18.0. The third-order valence-corrected chi connectivity index (χ3v) is 3.67. The second-order valence-electron chi connectivity index (χ2n) is 5.21. The number of nitrogens with zero attached hydrogens (tertiary/aromatic N) is 2. The van der Waals surface area contributed by atoms with Gasteiger partial charge in [0.15, 0.2) is 0 Å². The Morgan fingerprint density at radius 2 is 2.05 bits per heavy atom. The molecule has 0 spiro atoms. The molecule has 1 aromatic rings. The third-order valence-electron chi connectivity index (χ3n) is 3.67. The van der Waals surface area contributed by atoms with E-state index in [9.17, 15) is 9.59 Å². The molecule has 0 radical (unpaired) electrons. The van der Waals surface area contributed by atoms with E-state index in [-0.39, 0.29) is 24.3 Å². The maximum Gasteiger partial charge on any atom is 0.410 e. The van der Waals surface area contributed by atoms with Crippen LogP contribution < -0.4 is 4.90 Å². The van der Waals surface area contributed by atoms with Crippen molar-refractivity contribution in [2.75, 3.05) is 31.1 Å². The van der Waals surface area contributed by atoms with Gasteiger partial charge >= 0.3 is 12.1 Å². The van der Waals surface area contributed by atoms with Crippen LogP contribution in [0.3, 0.4) is 0 Å². The van der Waals surface area contributed by atoms with Gasteiger partial charge in [-0.2, -0.15) is 0 Å². The highest BCUT2D eigenvalue weighted by molar-refractivity contribution is 5.88. The molecule has 1 atom stereocenters. The molecule has 1 aliphatic heterocycles. The lowest BCUT2D eigenvalue weighted by molar-refractivity contribution is 0.0696. The van der Waals surface area contributed by atoms with Gasteiger partial charge in [-0.3, -0.25) is 0 Å². The van der Waals surface area contributed by atoms with E-state index < -0.39 is 5.97 Å². The Morgan fingerprint density at radius 3 is 2.59 bits per heavy atom. The summed E-state index contributed by atoms with van der Waals surface area (Å²) < 4.78 is 5.07. The van der Waals surface area contributed by atoms with Crippen LogP contribution in [0.15, 0.2) is 36.9 Å². The quantitative estimate of drug-likeness (QED) is 0.864. The standard InChI is InChI=1S/C16H20N2O4/c1-3-10-22-16(21)18-9-8-17(11-12(18)2)14-6-4-13(5-7-14)15(19)20/h3-7,12H,1,8-11H2,2H3,(H,19,20). The minimum absolute atomic E-state index is 0.0187. The maximum atomic E-state index is 11.9. The lowest BCUT2D eigenvalue weighted by Crippen LogP contribution is -2.54. The smallest absolute Gasteiger partial charge is 0.410 e. The Bertz CT molecular complexity index is 556. The van der Waals surface area contributed by atoms with Crippen LogP contribution in [-0.2, 0) is 4.74 Å². The summed E-state index contributed by atoms with van der Waals surface area (Å²) in [7, 11) is 0. The summed E-state index contributed by atoms with van der Waals surface area (Å²) in [5, 5.41) is 8.92. The SMILES string of the molecule is C=CCOC(=O)N1CCN(c2ccc(C(=O)O)cc2)CC1C. The van der Waals surface area contributed by atoms with Gasteiger partial charge in [-0.05, 0) is 31.2 Å². The zero-order valence-corrected chi connectivity index (χ0v) is 12.6. The number of hydrogen-bond donors (Lipinski definition) is 1. The van der Waals surface area contributed by atoms with Gasteiger partial charge in [-0.25, -0.2) is 9.59 Å². The van der Waals surface area contributed by atoms with Crippen LogP contribution in [0.5, 0.6) is 0 Å². The van der Waals surface area contributed by atoms with Crippen LogP contribution >= 0.6 is 0 Å². The molecule has 1 amide bonds. The molecule has 1 N–H and O–H groups in total. The highest BCUT2D eigenvalue weighted by Crippen LogP contribution is 2.20. The van der Waals surface area contributed by atoms with Crippen LogP contribution in [0.1, 0.15) is 17.3 Å². The summed E-state index contributed by atoms with van der Waals surface area (Å²) in [4.78, 5) is 26.6. The van der Waals surface area contributed by atoms with Crippen molar-refractivity contribution in [3.63, 3.8) is 0 Å². The molecule has 118 valence electrons. The van der Waals surface area contributed by atoms with Gasteiger partial charge in [-0.1, -0.05) is 12.7 Å². The fraction of sp³-hybridized carbons (Fsp3) is 0.375. The third kappa shape index (κ3) is 3.58. The predicted molar refractivity (Wildman–Crippen MR) is 83.3 cm³/mol. The number of aromatic carboxylic acids is 1. The number of benzene rings is 1. The van der Waals surface area contributed by atoms with Crippen LogP contribution in [0.4, 0.5) is 10.5 Å². The number of hydrogen-bond acceptors (Lipinski definition) is 4. The van der Waals surface area contributed by atoms with Gasteiger partial charge < -0.3 is 19.6 Å². The lowest BCUT2D eigenvalue weighted by atomic mass is 10.1. The molecular weight excluding hydrogens is 284 g/mol. The highest BCUT2D eigenvalue weighted by atomic mass is 16.6. The number of carbonyl (C=O) groups is 2. The molecule has 22 heavy (non-hydrogen) atoms. The zero-order chi connectivity index (χ0) is 16.1. The van der Waals surface area contributed by atoms with E-state index in [1.165, 1.54) is 0 Å². The van der Waals surface area contributed by atoms with Crippen molar-refractivity contribution in [1.82, 2.24) is 4.90 Å². The van der Waals surface area contributed by atoms with Gasteiger partial charge in [0.1, 0.15) is 6.61 Å². The van der Waals surface area contributed by atoms with Crippen LogP contribution in [-0.4, -0.2) is 54.4 Å². The van der Waals surface area contributed by atoms with Crippen molar-refractivity contribution in [3.8, 4) is 0 Å². The van der Waals surface area contributed by atoms with Crippen molar-refractivity contribution in [3.05, 3.63) is 42.5 Å². The average molecular weight is 304 g/mol. The second kappa shape index (κ2) is 6.98. The molecule has 0 aliphatic carbocycles. The minimum atomic E-state index is -0.935. The number of carboxylic acids is 1. The molecule has 1 saturated heterocycles. The molecule has 0 aromatic heterocycles. The van der Waals surface area contributed by atoms with Crippen LogP contribution in [0, 0.1) is 0 Å². The van der Waals surface area contributed by atoms with Crippen molar-refractivity contribution < 1.29 is 19.4 Å². The average Bonchev–Trinajstić information content (AvgIpc) is 2.52. The summed E-state index contributed by atoms with van der Waals surface area (Å²) in [5.41, 5.74) is 1.22. The van der Waals surface area contributed by atoms with Crippen molar-refractivity contribution in [2.24, 2.45) is 0 Å². The molecular formula is C16H20N2O4. The van der Waals surface area contributed by atoms with Gasteiger partial charge in [0, 0.05) is 31.4 Å². The molecule has 6 nitrogen and oxygen atoms in total. The Hall–Kier alpha value is -2.50. The summed E-state index contributed by atoms with van der Waals surface area (Å²) in [5.74, 6) is -0.935. The van der Waals surface area contributed by atoms with Crippen LogP contribution in [0.2, 0.25) is 0 Å². The van der Waals surface area contributed by atoms with E-state index in [1.54, 1.807) is 35.2 Å². The Labute approximate surface area is 129 Å². The van der Waals surface area contributed by atoms with Crippen molar-refractivity contribution >= 4 is 17.7 Å². The van der Waals surface area contributed by atoms with Crippen LogP contribution in [0.25, 0.3) is 0 Å². The van der Waals surface area contributed by atoms with E-state index in [2.05, 4.69) is 11.5 Å². The molecule has 1 aliphatic rings. The number of anilines is 1. The Morgan fingerprint density at radius 1 is 1.36 bits per heavy atom. The Balaban J connectivity index is 1.98. The van der Waals surface area contributed by atoms with E-state index >= 15 is 0 Å². The lowest BCUT2D eigenvalue weighted by Gasteiger charge is -2.40. The predicted octanol–water partition coefficient (Wildman–Crippen LogP) is 2.22. The first-order valence-corrected chi connectivity index (χ1v) is 7.15. The fourth-order valence-electron chi connectivity index (χ4n) is 2.49. The molecule has 1 aromatic carbocycles. The number of amides is 1. The minimum Gasteiger partial charge on any atom is -0.478 e. The molecule has 6 heteroatoms. The maximum absolute atomic E-state index is 11.9. The van der Waals surface area contributed by atoms with Gasteiger partial charge in [0.2, 0.25) is 0 Å². The van der Waals surface area contributed by atoms with Gasteiger partial charge in [0.25, 0.3) is 0 Å². The molecule has 0 saturated carbocycles. The van der Waals surface area contributed by atoms with Crippen molar-refractivity contribution in [2.45, 2.75) is 13.0 Å². The molecule has 2 rings (SSSR count). The first-order valence-electron chi connectivity index (χ1n) is 7.15. The number of carbonyl (C=O) groups excluding carboxylic acids is 1.